The molecule has 11 nitrogen and oxygen atoms in total. The van der Waals surface area contributed by atoms with Crippen LogP contribution in [0, 0.1) is 11.8 Å². The smallest absolute Gasteiger partial charge is 0.330 e. The van der Waals surface area contributed by atoms with Gasteiger partial charge in [-0.05, 0) is 65.4 Å². The number of hydrogen-bond donors (Lipinski definition) is 5. The molecule has 0 heterocycles. The predicted molar refractivity (Wildman–Crippen MR) is 152 cm³/mol. The number of ether oxygens (including phenoxy) is 5. The van der Waals surface area contributed by atoms with Crippen molar-refractivity contribution in [2.24, 2.45) is 11.8 Å². The molecule has 3 atom stereocenters. The summed E-state index contributed by atoms with van der Waals surface area (Å²) < 4.78 is 27.5. The lowest BCUT2D eigenvalue weighted by Crippen LogP contribution is -2.36. The fraction of sp³-hybridized carbons (Fsp3) is 0.323. The van der Waals surface area contributed by atoms with Crippen LogP contribution >= 0.6 is 0 Å². The maximum Gasteiger partial charge on any atom is 0.330 e. The van der Waals surface area contributed by atoms with Gasteiger partial charge in [0.1, 0.15) is 0 Å². The van der Waals surface area contributed by atoms with E-state index in [1.807, 2.05) is 0 Å². The molecule has 0 unspecified atom stereocenters. The predicted octanol–water partition coefficient (Wildman–Crippen LogP) is 3.71. The number of aromatic hydroxyl groups is 4. The molecule has 3 aromatic carbocycles. The Bertz CT molecular complexity index is 1460. The van der Waals surface area contributed by atoms with Gasteiger partial charge in [0.2, 0.25) is 11.5 Å². The van der Waals surface area contributed by atoms with Gasteiger partial charge in [-0.15, -0.1) is 0 Å². The minimum absolute atomic E-state index is 0.124. The lowest BCUT2D eigenvalue weighted by atomic mass is 9.66. The van der Waals surface area contributed by atoms with Crippen LogP contribution in [-0.2, 0) is 16.0 Å². The van der Waals surface area contributed by atoms with Crippen LogP contribution in [0.15, 0.2) is 42.5 Å². The van der Waals surface area contributed by atoms with E-state index in [0.29, 0.717) is 23.1 Å². The Morgan fingerprint density at radius 3 is 2.07 bits per heavy atom. The molecule has 3 aromatic rings. The third-order valence-electron chi connectivity index (χ3n) is 7.52. The van der Waals surface area contributed by atoms with Crippen molar-refractivity contribution in [3.63, 3.8) is 0 Å². The highest BCUT2D eigenvalue weighted by molar-refractivity contribution is 5.87. The molecule has 0 saturated heterocycles. The van der Waals surface area contributed by atoms with Gasteiger partial charge in [0.05, 0.1) is 35.0 Å². The van der Waals surface area contributed by atoms with Crippen molar-refractivity contribution in [2.75, 3.05) is 41.7 Å². The van der Waals surface area contributed by atoms with Gasteiger partial charge in [-0.2, -0.15) is 0 Å². The maximum absolute atomic E-state index is 12.8. The highest BCUT2D eigenvalue weighted by Crippen LogP contribution is 2.54. The number of phenols is 4. The number of benzene rings is 3. The molecule has 0 saturated carbocycles. The first-order valence-electron chi connectivity index (χ1n) is 13.1. The first kappa shape index (κ1) is 30.2. The molecular weight excluding hydrogens is 548 g/mol. The summed E-state index contributed by atoms with van der Waals surface area (Å²) in [6, 6.07) is 9.06. The Hall–Kier alpha value is -4.77. The number of fused-ring (bicyclic) bond motifs is 1. The zero-order valence-corrected chi connectivity index (χ0v) is 23.7. The zero-order chi connectivity index (χ0) is 30.6. The molecule has 4 rings (SSSR count). The van der Waals surface area contributed by atoms with E-state index in [0.717, 1.165) is 5.56 Å². The molecule has 0 aliphatic heterocycles. The average molecular weight is 583 g/mol. The fourth-order valence-electron chi connectivity index (χ4n) is 5.46. The van der Waals surface area contributed by atoms with Gasteiger partial charge in [0.15, 0.2) is 34.5 Å². The Morgan fingerprint density at radius 2 is 1.50 bits per heavy atom. The van der Waals surface area contributed by atoms with Gasteiger partial charge in [0.25, 0.3) is 0 Å². The van der Waals surface area contributed by atoms with E-state index in [1.54, 1.807) is 18.2 Å². The van der Waals surface area contributed by atoms with E-state index in [-0.39, 0.29) is 59.2 Å². The SMILES string of the molecule is COc1cc([C@H]2c3c(cc(OC)c(O)c3OC)C[C@@H](CO)[C@@H]2COC(=O)/C=C/c2ccc(O)c(O)c2)cc(OC)c1O. The molecule has 0 aromatic heterocycles. The van der Waals surface area contributed by atoms with E-state index >= 15 is 0 Å². The van der Waals surface area contributed by atoms with Gasteiger partial charge < -0.3 is 49.2 Å². The average Bonchev–Trinajstić information content (AvgIpc) is 2.99. The van der Waals surface area contributed by atoms with Crippen LogP contribution in [0.1, 0.15) is 28.2 Å². The highest BCUT2D eigenvalue weighted by Gasteiger charge is 2.42. The summed E-state index contributed by atoms with van der Waals surface area (Å²) in [7, 11) is 5.65. The maximum atomic E-state index is 12.8. The zero-order valence-electron chi connectivity index (χ0n) is 23.7. The number of carbonyl (C=O) groups is 1. The van der Waals surface area contributed by atoms with Crippen molar-refractivity contribution in [3.05, 3.63) is 64.7 Å². The van der Waals surface area contributed by atoms with Crippen molar-refractivity contribution < 1.29 is 54.0 Å². The Morgan fingerprint density at radius 1 is 0.857 bits per heavy atom. The van der Waals surface area contributed by atoms with Crippen LogP contribution in [0.3, 0.4) is 0 Å². The van der Waals surface area contributed by atoms with Crippen molar-refractivity contribution in [2.45, 2.75) is 12.3 Å². The summed E-state index contributed by atoms with van der Waals surface area (Å²) in [6.45, 7) is -0.362. The topological polar surface area (TPSA) is 164 Å². The minimum Gasteiger partial charge on any atom is -0.504 e. The van der Waals surface area contributed by atoms with Crippen LogP contribution in [0.2, 0.25) is 0 Å². The first-order chi connectivity index (χ1) is 20.2. The molecule has 42 heavy (non-hydrogen) atoms. The number of hydrogen-bond acceptors (Lipinski definition) is 11. The summed E-state index contributed by atoms with van der Waals surface area (Å²) in [5.74, 6) is -2.55. The number of methoxy groups -OCH3 is 4. The van der Waals surface area contributed by atoms with E-state index in [1.165, 1.54) is 58.8 Å². The number of esters is 1. The summed E-state index contributed by atoms with van der Waals surface area (Å²) in [5.41, 5.74) is 2.43. The second-order valence-electron chi connectivity index (χ2n) is 9.81. The second-order valence-corrected chi connectivity index (χ2v) is 9.81. The van der Waals surface area contributed by atoms with E-state index in [4.69, 9.17) is 23.7 Å². The fourth-order valence-corrected chi connectivity index (χ4v) is 5.46. The lowest BCUT2D eigenvalue weighted by molar-refractivity contribution is -0.140. The van der Waals surface area contributed by atoms with Crippen molar-refractivity contribution in [1.29, 1.82) is 0 Å². The highest BCUT2D eigenvalue weighted by atomic mass is 16.5. The monoisotopic (exact) mass is 582 g/mol. The molecule has 0 radical (unpaired) electrons. The van der Waals surface area contributed by atoms with Crippen LogP contribution < -0.4 is 18.9 Å². The van der Waals surface area contributed by atoms with Gasteiger partial charge in [-0.3, -0.25) is 0 Å². The molecule has 11 heteroatoms. The van der Waals surface area contributed by atoms with Crippen molar-refractivity contribution in [3.8, 4) is 46.0 Å². The summed E-state index contributed by atoms with van der Waals surface area (Å²) in [6.07, 6.45) is 2.99. The lowest BCUT2D eigenvalue weighted by Gasteiger charge is -2.40. The summed E-state index contributed by atoms with van der Waals surface area (Å²) in [4.78, 5) is 12.8. The standard InChI is InChI=1S/C31H34O11/c1-38-23-12-18(13-24(39-2)29(23)36)27-20(15-42-26(35)8-6-16-5-7-21(33)22(34)9-16)19(14-32)10-17-11-25(40-3)30(37)31(41-4)28(17)27/h5-9,11-13,19-20,27,32-34,36-37H,10,14-15H2,1-4H3/b8-6+/t19-,20-,27+/m0/s1. The molecule has 224 valence electrons. The Balaban J connectivity index is 1.79. The number of carbonyl (C=O) groups excluding carboxylic acids is 1. The first-order valence-corrected chi connectivity index (χ1v) is 13.1. The molecular formula is C31H34O11. The van der Waals surface area contributed by atoms with Crippen LogP contribution in [-0.4, -0.2) is 73.2 Å². The van der Waals surface area contributed by atoms with Crippen molar-refractivity contribution in [1.82, 2.24) is 0 Å². The van der Waals surface area contributed by atoms with Crippen LogP contribution in [0.4, 0.5) is 0 Å². The van der Waals surface area contributed by atoms with Crippen LogP contribution in [0.25, 0.3) is 6.08 Å². The normalized spacial score (nSPS) is 17.9. The second kappa shape index (κ2) is 12.8. The number of aliphatic hydroxyl groups is 1. The third kappa shape index (κ3) is 5.82. The van der Waals surface area contributed by atoms with Gasteiger partial charge in [0, 0.05) is 30.1 Å². The molecule has 5 N–H and O–H groups in total. The van der Waals surface area contributed by atoms with Crippen LogP contribution in [0.5, 0.6) is 46.0 Å². The molecule has 0 fully saturated rings. The van der Waals surface area contributed by atoms with Gasteiger partial charge in [-0.1, -0.05) is 6.07 Å². The van der Waals surface area contributed by atoms with E-state index < -0.39 is 23.7 Å². The molecule has 1 aliphatic carbocycles. The molecule has 0 spiro atoms. The van der Waals surface area contributed by atoms with Crippen molar-refractivity contribution >= 4 is 12.0 Å². The largest absolute Gasteiger partial charge is 0.504 e. The Labute approximate surface area is 242 Å². The quantitative estimate of drug-likeness (QED) is 0.134. The Kier molecular flexibility index (Phi) is 9.21. The number of phenolic OH excluding ortho intramolecular Hbond substituents is 4. The summed E-state index contributed by atoms with van der Waals surface area (Å²) in [5, 5.41) is 51.2. The summed E-state index contributed by atoms with van der Waals surface area (Å²) >= 11 is 0. The number of rotatable bonds is 10. The third-order valence-corrected chi connectivity index (χ3v) is 7.52. The number of aliphatic hydroxyl groups excluding tert-OH is 1. The molecule has 1 aliphatic rings. The minimum atomic E-state index is -0.672. The molecule has 0 amide bonds. The van der Waals surface area contributed by atoms with E-state index in [2.05, 4.69) is 0 Å². The van der Waals surface area contributed by atoms with Gasteiger partial charge >= 0.3 is 5.97 Å². The van der Waals surface area contributed by atoms with E-state index in [9.17, 15) is 30.3 Å². The molecule has 0 bridgehead atoms. The van der Waals surface area contributed by atoms with Gasteiger partial charge in [-0.25, -0.2) is 4.79 Å².